The van der Waals surface area contributed by atoms with E-state index in [4.69, 9.17) is 0 Å². The van der Waals surface area contributed by atoms with Crippen molar-refractivity contribution in [2.24, 2.45) is 7.05 Å². The number of hydrogen-bond donors (Lipinski definition) is 2. The summed E-state index contributed by atoms with van der Waals surface area (Å²) in [6.45, 7) is 4.02. The molecule has 0 aliphatic rings. The van der Waals surface area contributed by atoms with Gasteiger partial charge < -0.3 is 5.32 Å². The molecule has 3 aromatic rings. The van der Waals surface area contributed by atoms with Gasteiger partial charge in [-0.25, -0.2) is 9.55 Å². The molecule has 1 aromatic heterocycles. The molecule has 0 unspecified atom stereocenters. The molecule has 23 heavy (non-hydrogen) atoms. The van der Waals surface area contributed by atoms with Crippen LogP contribution in [0.5, 0.6) is 0 Å². The number of fused-ring (bicyclic) bond motifs is 1. The largest absolute Gasteiger partial charge is 0.325 e. The number of thioether (sulfide) groups is 1. The Kier molecular flexibility index (Phi) is 4.39. The molecule has 3 rings (SSSR count). The van der Waals surface area contributed by atoms with Crippen LogP contribution in [0.3, 0.4) is 0 Å². The minimum atomic E-state index is 0.00218. The summed E-state index contributed by atoms with van der Waals surface area (Å²) in [5.41, 5.74) is 5.31. The van der Waals surface area contributed by atoms with E-state index in [0.717, 1.165) is 33.0 Å². The number of anilines is 1. The highest BCUT2D eigenvalue weighted by atomic mass is 32.2. The molecule has 0 aliphatic heterocycles. The zero-order chi connectivity index (χ0) is 16.4. The number of carbonyl (C=O) groups is 1. The minimum absolute atomic E-state index is 0.00218. The highest BCUT2D eigenvalue weighted by molar-refractivity contribution is 7.99. The van der Waals surface area contributed by atoms with E-state index in [1.54, 1.807) is 0 Å². The first-order chi connectivity index (χ1) is 11.0. The van der Waals surface area contributed by atoms with Crippen molar-refractivity contribution >= 4 is 34.4 Å². The predicted molar refractivity (Wildman–Crippen MR) is 94.7 cm³/mol. The fourth-order valence-electron chi connectivity index (χ4n) is 2.50. The van der Waals surface area contributed by atoms with Crippen molar-refractivity contribution in [3.05, 3.63) is 53.6 Å². The second-order valence-corrected chi connectivity index (χ2v) is 6.63. The molecule has 5 heteroatoms. The summed E-state index contributed by atoms with van der Waals surface area (Å²) >= 11 is 1.51. The molecule has 2 aromatic carbocycles. The molecule has 1 heterocycles. The molecule has 0 atom stereocenters. The monoisotopic (exact) mass is 326 g/mol. The topological polar surface area (TPSA) is 48.8 Å². The molecule has 0 fully saturated rings. The van der Waals surface area contributed by atoms with Gasteiger partial charge in [0.2, 0.25) is 5.91 Å². The quantitative estimate of drug-likeness (QED) is 0.571. The Morgan fingerprint density at radius 3 is 2.78 bits per heavy atom. The fourth-order valence-corrected chi connectivity index (χ4v) is 3.32. The van der Waals surface area contributed by atoms with Crippen LogP contribution in [0.1, 0.15) is 11.1 Å². The number of benzene rings is 2. The van der Waals surface area contributed by atoms with Gasteiger partial charge in [0, 0.05) is 5.69 Å². The van der Waals surface area contributed by atoms with Crippen LogP contribution in [0, 0.1) is 13.8 Å². The number of amides is 1. The number of carbonyl (C=O) groups excluding carboxylic acids is 1. The standard InChI is InChI=1S/C18H19N3OS/c1-12-8-9-13(2)15(10-12)19-17(22)11-23-18-20-14-6-4-5-7-16(14)21(18)3/h4-10H,11H2,1-3H3,(H,19,22)/p+1. The SMILES string of the molecule is Cc1ccc(C)c(NC(=O)CSc2[nH]c3ccccc3[n+]2C)c1. The predicted octanol–water partition coefficient (Wildman–Crippen LogP) is 3.34. The number of aromatic nitrogens is 2. The van der Waals surface area contributed by atoms with Crippen molar-refractivity contribution in [2.45, 2.75) is 19.0 Å². The van der Waals surface area contributed by atoms with Crippen LogP contribution >= 0.6 is 11.8 Å². The number of rotatable bonds is 4. The smallest absolute Gasteiger partial charge is 0.317 e. The Morgan fingerprint density at radius 2 is 2.00 bits per heavy atom. The van der Waals surface area contributed by atoms with Gasteiger partial charge in [-0.05, 0) is 54.9 Å². The maximum Gasteiger partial charge on any atom is 0.317 e. The van der Waals surface area contributed by atoms with Crippen LogP contribution in [0.2, 0.25) is 0 Å². The van der Waals surface area contributed by atoms with Crippen LogP contribution in [0.25, 0.3) is 11.0 Å². The van der Waals surface area contributed by atoms with Gasteiger partial charge in [-0.15, -0.1) is 0 Å². The highest BCUT2D eigenvalue weighted by Crippen LogP contribution is 2.19. The van der Waals surface area contributed by atoms with Gasteiger partial charge in [0.1, 0.15) is 0 Å². The van der Waals surface area contributed by atoms with Gasteiger partial charge in [0.05, 0.1) is 12.8 Å². The lowest BCUT2D eigenvalue weighted by molar-refractivity contribution is -0.683. The lowest BCUT2D eigenvalue weighted by atomic mass is 10.1. The van der Waals surface area contributed by atoms with E-state index < -0.39 is 0 Å². The maximum atomic E-state index is 12.2. The second-order valence-electron chi connectivity index (χ2n) is 5.66. The van der Waals surface area contributed by atoms with Gasteiger partial charge >= 0.3 is 5.16 Å². The third-order valence-corrected chi connectivity index (χ3v) is 4.87. The number of nitrogens with one attached hydrogen (secondary N) is 2. The first-order valence-corrected chi connectivity index (χ1v) is 8.50. The van der Waals surface area contributed by atoms with Gasteiger partial charge in [0.15, 0.2) is 11.0 Å². The van der Waals surface area contributed by atoms with E-state index in [2.05, 4.69) is 20.9 Å². The van der Waals surface area contributed by atoms with Gasteiger partial charge in [-0.2, -0.15) is 0 Å². The van der Waals surface area contributed by atoms with Crippen molar-refractivity contribution in [2.75, 3.05) is 11.1 Å². The Morgan fingerprint density at radius 1 is 1.22 bits per heavy atom. The summed E-state index contributed by atoms with van der Waals surface area (Å²) in [5.74, 6) is 0.371. The first kappa shape index (κ1) is 15.6. The average Bonchev–Trinajstić information content (AvgIpc) is 2.86. The molecule has 0 spiro atoms. The zero-order valence-corrected chi connectivity index (χ0v) is 14.3. The second kappa shape index (κ2) is 6.46. The molecule has 0 saturated heterocycles. The number of aromatic amines is 1. The molecule has 0 bridgehead atoms. The number of para-hydroxylation sites is 2. The number of nitrogens with zero attached hydrogens (tertiary/aromatic N) is 1. The maximum absolute atomic E-state index is 12.2. The summed E-state index contributed by atoms with van der Waals surface area (Å²) < 4.78 is 2.07. The van der Waals surface area contributed by atoms with E-state index in [9.17, 15) is 4.79 Å². The summed E-state index contributed by atoms with van der Waals surface area (Å²) in [4.78, 5) is 15.6. The molecule has 0 saturated carbocycles. The van der Waals surface area contributed by atoms with E-state index in [-0.39, 0.29) is 5.91 Å². The number of H-pyrrole nitrogens is 1. The summed E-state index contributed by atoms with van der Waals surface area (Å²) in [6, 6.07) is 14.2. The molecular formula is C18H20N3OS+. The van der Waals surface area contributed by atoms with E-state index in [1.807, 2.05) is 57.3 Å². The van der Waals surface area contributed by atoms with Gasteiger partial charge in [-0.1, -0.05) is 24.3 Å². The molecule has 0 aliphatic carbocycles. The van der Waals surface area contributed by atoms with Crippen LogP contribution in [0.15, 0.2) is 47.6 Å². The van der Waals surface area contributed by atoms with Crippen LogP contribution in [0.4, 0.5) is 5.69 Å². The Balaban J connectivity index is 1.68. The third kappa shape index (κ3) is 3.40. The van der Waals surface area contributed by atoms with Crippen LogP contribution < -0.4 is 9.88 Å². The number of hydrogen-bond acceptors (Lipinski definition) is 2. The summed E-state index contributed by atoms with van der Waals surface area (Å²) in [7, 11) is 2.00. The first-order valence-electron chi connectivity index (χ1n) is 7.51. The lowest BCUT2D eigenvalue weighted by Gasteiger charge is -2.08. The van der Waals surface area contributed by atoms with E-state index in [1.165, 1.54) is 11.8 Å². The fraction of sp³-hybridized carbons (Fsp3) is 0.222. The van der Waals surface area contributed by atoms with Gasteiger partial charge in [-0.3, -0.25) is 4.79 Å². The lowest BCUT2D eigenvalue weighted by Crippen LogP contribution is -2.29. The Bertz CT molecular complexity index is 870. The van der Waals surface area contributed by atoms with Crippen molar-refractivity contribution in [1.82, 2.24) is 4.98 Å². The summed E-state index contributed by atoms with van der Waals surface area (Å²) in [5, 5.41) is 3.97. The molecule has 118 valence electrons. The number of imidazole rings is 1. The van der Waals surface area contributed by atoms with Crippen molar-refractivity contribution < 1.29 is 9.36 Å². The third-order valence-electron chi connectivity index (χ3n) is 3.82. The van der Waals surface area contributed by atoms with Gasteiger partial charge in [0.25, 0.3) is 0 Å². The molecule has 0 radical (unpaired) electrons. The average molecular weight is 326 g/mol. The highest BCUT2D eigenvalue weighted by Gasteiger charge is 2.17. The normalized spacial score (nSPS) is 10.9. The Hall–Kier alpha value is -2.27. The van der Waals surface area contributed by atoms with E-state index in [0.29, 0.717) is 5.75 Å². The van der Waals surface area contributed by atoms with Crippen LogP contribution in [-0.4, -0.2) is 16.6 Å². The van der Waals surface area contributed by atoms with Crippen molar-refractivity contribution in [3.63, 3.8) is 0 Å². The molecule has 2 N–H and O–H groups in total. The van der Waals surface area contributed by atoms with Crippen molar-refractivity contribution in [3.8, 4) is 0 Å². The van der Waals surface area contributed by atoms with Crippen LogP contribution in [-0.2, 0) is 11.8 Å². The molecular weight excluding hydrogens is 306 g/mol. The van der Waals surface area contributed by atoms with Crippen molar-refractivity contribution in [1.29, 1.82) is 0 Å². The summed E-state index contributed by atoms with van der Waals surface area (Å²) in [6.07, 6.45) is 0. The Labute approximate surface area is 139 Å². The van der Waals surface area contributed by atoms with E-state index >= 15 is 0 Å². The number of aryl methyl sites for hydroxylation is 3. The molecule has 1 amide bonds. The molecule has 4 nitrogen and oxygen atoms in total. The zero-order valence-electron chi connectivity index (χ0n) is 13.5. The minimum Gasteiger partial charge on any atom is -0.325 e.